The largest absolute Gasteiger partial charge is 0.328 e. The highest BCUT2D eigenvalue weighted by Gasteiger charge is 2.19. The molecule has 19 heavy (non-hydrogen) atoms. The highest BCUT2D eigenvalue weighted by molar-refractivity contribution is 5.56. The lowest BCUT2D eigenvalue weighted by molar-refractivity contribution is 0.370. The van der Waals surface area contributed by atoms with Gasteiger partial charge in [0, 0.05) is 24.5 Å². The molecule has 0 aliphatic carbocycles. The summed E-state index contributed by atoms with van der Waals surface area (Å²) in [5.74, 6) is -0.563. The molecule has 1 N–H and O–H groups in total. The molecule has 1 aliphatic heterocycles. The van der Waals surface area contributed by atoms with Gasteiger partial charge in [-0.15, -0.1) is 0 Å². The number of nitrogens with zero attached hydrogens (tertiary/aromatic N) is 2. The Labute approximate surface area is 110 Å². The zero-order valence-electron chi connectivity index (χ0n) is 10.4. The molecule has 0 amide bonds. The molecule has 2 heterocycles. The molecule has 0 unspecified atom stereocenters. The number of aromatic nitrogens is 2. The molecule has 1 aromatic heterocycles. The van der Waals surface area contributed by atoms with E-state index in [1.165, 1.54) is 12.1 Å². The van der Waals surface area contributed by atoms with Crippen molar-refractivity contribution in [2.24, 2.45) is 0 Å². The van der Waals surface area contributed by atoms with Gasteiger partial charge in [-0.1, -0.05) is 0 Å². The van der Waals surface area contributed by atoms with Gasteiger partial charge in [0.2, 0.25) is 0 Å². The summed E-state index contributed by atoms with van der Waals surface area (Å²) in [6.45, 7) is 1.91. The second-order valence-electron chi connectivity index (χ2n) is 4.76. The fraction of sp³-hybridized carbons (Fsp3) is 0.357. The normalized spacial score (nSPS) is 16.7. The summed E-state index contributed by atoms with van der Waals surface area (Å²) in [5, 5.41) is 3.30. The lowest BCUT2D eigenvalue weighted by atomic mass is 10.1. The second kappa shape index (κ2) is 5.09. The first-order valence-corrected chi connectivity index (χ1v) is 6.44. The molecule has 3 nitrogen and oxygen atoms in total. The van der Waals surface area contributed by atoms with E-state index in [-0.39, 0.29) is 0 Å². The lowest BCUT2D eigenvalue weighted by Gasteiger charge is -2.25. The Morgan fingerprint density at radius 1 is 1.21 bits per heavy atom. The fourth-order valence-electron chi connectivity index (χ4n) is 2.57. The van der Waals surface area contributed by atoms with Gasteiger partial charge >= 0.3 is 0 Å². The van der Waals surface area contributed by atoms with Gasteiger partial charge < -0.3 is 9.88 Å². The number of rotatable bonds is 2. The number of halogens is 2. The summed E-state index contributed by atoms with van der Waals surface area (Å²) in [4.78, 5) is 4.23. The summed E-state index contributed by atoms with van der Waals surface area (Å²) in [5.41, 5.74) is 0.352. The molecule has 0 spiro atoms. The van der Waals surface area contributed by atoms with Crippen molar-refractivity contribution in [1.29, 1.82) is 0 Å². The van der Waals surface area contributed by atoms with E-state index in [0.29, 0.717) is 17.4 Å². The molecular formula is C14H15F2N3. The summed E-state index contributed by atoms with van der Waals surface area (Å²) >= 11 is 0. The summed E-state index contributed by atoms with van der Waals surface area (Å²) in [6, 6.07) is 3.93. The molecular weight excluding hydrogens is 248 g/mol. The molecule has 1 aliphatic rings. The number of imidazole rings is 1. The third-order valence-electron chi connectivity index (χ3n) is 3.54. The van der Waals surface area contributed by atoms with Crippen LogP contribution in [0.15, 0.2) is 30.6 Å². The third-order valence-corrected chi connectivity index (χ3v) is 3.54. The first-order valence-electron chi connectivity index (χ1n) is 6.44. The Morgan fingerprint density at radius 3 is 2.74 bits per heavy atom. The Bertz CT molecular complexity index is 574. The van der Waals surface area contributed by atoms with Gasteiger partial charge in [0.25, 0.3) is 0 Å². The van der Waals surface area contributed by atoms with Crippen LogP contribution < -0.4 is 5.32 Å². The van der Waals surface area contributed by atoms with Gasteiger partial charge in [0.05, 0.1) is 5.56 Å². The predicted molar refractivity (Wildman–Crippen MR) is 68.7 cm³/mol. The van der Waals surface area contributed by atoms with Crippen molar-refractivity contribution in [3.8, 4) is 11.4 Å². The van der Waals surface area contributed by atoms with Crippen molar-refractivity contribution in [3.05, 3.63) is 42.2 Å². The van der Waals surface area contributed by atoms with Crippen LogP contribution in [-0.2, 0) is 0 Å². The highest BCUT2D eigenvalue weighted by atomic mass is 19.1. The number of nitrogens with one attached hydrogen (secondary N) is 1. The van der Waals surface area contributed by atoms with Gasteiger partial charge in [-0.05, 0) is 38.1 Å². The Morgan fingerprint density at radius 2 is 2.00 bits per heavy atom. The lowest BCUT2D eigenvalue weighted by Crippen LogP contribution is -2.29. The van der Waals surface area contributed by atoms with E-state index in [2.05, 4.69) is 10.3 Å². The van der Waals surface area contributed by atoms with Crippen LogP contribution in [0.3, 0.4) is 0 Å². The summed E-state index contributed by atoms with van der Waals surface area (Å²) in [7, 11) is 0. The maximum absolute atomic E-state index is 13.9. The van der Waals surface area contributed by atoms with Gasteiger partial charge in [0.15, 0.2) is 0 Å². The van der Waals surface area contributed by atoms with Crippen molar-refractivity contribution >= 4 is 0 Å². The van der Waals surface area contributed by atoms with Crippen LogP contribution >= 0.6 is 0 Å². The topological polar surface area (TPSA) is 29.9 Å². The van der Waals surface area contributed by atoms with Crippen LogP contribution in [0, 0.1) is 11.6 Å². The summed E-state index contributed by atoms with van der Waals surface area (Å²) < 4.78 is 28.8. The molecule has 0 radical (unpaired) electrons. The van der Waals surface area contributed by atoms with Crippen molar-refractivity contribution in [1.82, 2.24) is 14.9 Å². The van der Waals surface area contributed by atoms with Gasteiger partial charge in [-0.25, -0.2) is 13.8 Å². The van der Waals surface area contributed by atoms with Gasteiger partial charge in [-0.3, -0.25) is 0 Å². The van der Waals surface area contributed by atoms with E-state index in [0.717, 1.165) is 32.0 Å². The average Bonchev–Trinajstić information content (AvgIpc) is 2.89. The van der Waals surface area contributed by atoms with Crippen LogP contribution in [-0.4, -0.2) is 22.6 Å². The molecule has 0 atom stereocenters. The van der Waals surface area contributed by atoms with E-state index >= 15 is 0 Å². The van der Waals surface area contributed by atoms with E-state index in [1.54, 1.807) is 6.20 Å². The maximum Gasteiger partial charge on any atom is 0.143 e. The third kappa shape index (κ3) is 2.38. The minimum Gasteiger partial charge on any atom is -0.328 e. The van der Waals surface area contributed by atoms with Crippen LogP contribution in [0.5, 0.6) is 0 Å². The smallest absolute Gasteiger partial charge is 0.143 e. The van der Waals surface area contributed by atoms with Crippen molar-refractivity contribution < 1.29 is 8.78 Å². The molecule has 1 aromatic carbocycles. The molecule has 0 saturated carbocycles. The summed E-state index contributed by atoms with van der Waals surface area (Å²) in [6.07, 6.45) is 5.52. The zero-order valence-corrected chi connectivity index (χ0v) is 10.4. The van der Waals surface area contributed by atoms with Gasteiger partial charge in [0.1, 0.15) is 17.5 Å². The molecule has 100 valence electrons. The number of benzene rings is 1. The zero-order chi connectivity index (χ0) is 13.2. The number of hydrogen-bond donors (Lipinski definition) is 1. The van der Waals surface area contributed by atoms with Crippen LogP contribution in [0.4, 0.5) is 8.78 Å². The van der Waals surface area contributed by atoms with Gasteiger partial charge in [-0.2, -0.15) is 0 Å². The van der Waals surface area contributed by atoms with Crippen LogP contribution in [0.2, 0.25) is 0 Å². The highest BCUT2D eigenvalue weighted by Crippen LogP contribution is 2.28. The Hall–Kier alpha value is -1.75. The molecule has 1 fully saturated rings. The molecule has 0 bridgehead atoms. The number of piperidine rings is 1. The SMILES string of the molecule is Fc1ccc(-c2nccn2C2CCNCC2)c(F)c1. The Balaban J connectivity index is 1.99. The monoisotopic (exact) mass is 263 g/mol. The minimum atomic E-state index is -0.568. The fourth-order valence-corrected chi connectivity index (χ4v) is 2.57. The van der Waals surface area contributed by atoms with Crippen LogP contribution in [0.25, 0.3) is 11.4 Å². The van der Waals surface area contributed by atoms with Crippen LogP contribution in [0.1, 0.15) is 18.9 Å². The minimum absolute atomic E-state index is 0.322. The van der Waals surface area contributed by atoms with Crippen molar-refractivity contribution in [2.45, 2.75) is 18.9 Å². The second-order valence-corrected chi connectivity index (χ2v) is 4.76. The van der Waals surface area contributed by atoms with Crippen molar-refractivity contribution in [3.63, 3.8) is 0 Å². The predicted octanol–water partition coefficient (Wildman–Crippen LogP) is 2.75. The standard InChI is InChI=1S/C14H15F2N3/c15-10-1-2-12(13(16)9-10)14-18-7-8-19(14)11-3-5-17-6-4-11/h1-2,7-9,11,17H,3-6H2. The molecule has 5 heteroatoms. The van der Waals surface area contributed by atoms with E-state index < -0.39 is 11.6 Å². The first kappa shape index (κ1) is 12.3. The first-order chi connectivity index (χ1) is 9.25. The number of hydrogen-bond acceptors (Lipinski definition) is 2. The van der Waals surface area contributed by atoms with E-state index in [4.69, 9.17) is 0 Å². The maximum atomic E-state index is 13.9. The van der Waals surface area contributed by atoms with Crippen molar-refractivity contribution in [2.75, 3.05) is 13.1 Å². The molecule has 3 rings (SSSR count). The quantitative estimate of drug-likeness (QED) is 0.903. The molecule has 2 aromatic rings. The average molecular weight is 263 g/mol. The Kier molecular flexibility index (Phi) is 3.29. The molecule has 1 saturated heterocycles. The van der Waals surface area contributed by atoms with E-state index in [9.17, 15) is 8.78 Å². The van der Waals surface area contributed by atoms with E-state index in [1.807, 2.05) is 10.8 Å².